The first-order valence-electron chi connectivity index (χ1n) is 9.60. The van der Waals surface area contributed by atoms with Crippen LogP contribution in [0.5, 0.6) is 0 Å². The molecule has 3 aromatic rings. The molecule has 0 saturated carbocycles. The molecular weight excluding hydrogens is 416 g/mol. The zero-order valence-electron chi connectivity index (χ0n) is 16.6. The normalized spacial score (nSPS) is 11.5. The Labute approximate surface area is 174 Å². The number of alkyl halides is 3. The summed E-state index contributed by atoms with van der Waals surface area (Å²) in [6, 6.07) is 5.29. The maximum atomic E-state index is 13.5. The first kappa shape index (κ1) is 22.3. The van der Waals surface area contributed by atoms with Crippen LogP contribution in [0.3, 0.4) is 0 Å². The standard InChI is InChI=1S/C21H20F4N4O2/c1-2-3-8-26-20(31)28-15-5-7-18-27-11-14(19(30)29(18)12-15)9-13-4-6-17(22)16(10-13)21(23,24)25/h4-7,10-12H,2-3,8-9H2,1H3,(H2,26,28,31). The number of fused-ring (bicyclic) bond motifs is 1. The van der Waals surface area contributed by atoms with Gasteiger partial charge in [0.25, 0.3) is 5.56 Å². The lowest BCUT2D eigenvalue weighted by atomic mass is 10.0. The van der Waals surface area contributed by atoms with Crippen molar-refractivity contribution in [3.05, 3.63) is 75.6 Å². The van der Waals surface area contributed by atoms with Gasteiger partial charge < -0.3 is 10.6 Å². The van der Waals surface area contributed by atoms with Gasteiger partial charge in [-0.25, -0.2) is 14.2 Å². The van der Waals surface area contributed by atoms with E-state index in [0.717, 1.165) is 18.9 Å². The molecule has 0 radical (unpaired) electrons. The number of nitrogens with zero attached hydrogens (tertiary/aromatic N) is 2. The van der Waals surface area contributed by atoms with Gasteiger partial charge in [-0.2, -0.15) is 13.2 Å². The highest BCUT2D eigenvalue weighted by Gasteiger charge is 2.34. The van der Waals surface area contributed by atoms with Gasteiger partial charge in [0.15, 0.2) is 0 Å². The number of nitrogens with one attached hydrogen (secondary N) is 2. The molecule has 2 heterocycles. The lowest BCUT2D eigenvalue weighted by Crippen LogP contribution is -2.29. The van der Waals surface area contributed by atoms with Crippen LogP contribution in [0, 0.1) is 5.82 Å². The maximum absolute atomic E-state index is 13.5. The molecule has 0 unspecified atom stereocenters. The Bertz CT molecular complexity index is 1160. The second-order valence-electron chi connectivity index (χ2n) is 6.96. The molecule has 0 spiro atoms. The fraction of sp³-hybridized carbons (Fsp3) is 0.286. The van der Waals surface area contributed by atoms with Crippen LogP contribution in [-0.2, 0) is 12.6 Å². The third-order valence-electron chi connectivity index (χ3n) is 4.58. The number of benzene rings is 1. The number of unbranched alkanes of at least 4 members (excludes halogenated alkanes) is 1. The average molecular weight is 436 g/mol. The van der Waals surface area contributed by atoms with Crippen LogP contribution in [-0.4, -0.2) is 22.0 Å². The van der Waals surface area contributed by atoms with Crippen molar-refractivity contribution in [1.82, 2.24) is 14.7 Å². The Hall–Kier alpha value is -3.43. The molecule has 0 fully saturated rings. The number of hydrogen-bond donors (Lipinski definition) is 2. The largest absolute Gasteiger partial charge is 0.419 e. The van der Waals surface area contributed by atoms with E-state index in [0.29, 0.717) is 23.9 Å². The Morgan fingerprint density at radius 1 is 1.19 bits per heavy atom. The van der Waals surface area contributed by atoms with E-state index in [1.807, 2.05) is 6.92 Å². The van der Waals surface area contributed by atoms with E-state index in [9.17, 15) is 27.2 Å². The molecule has 1 aromatic carbocycles. The maximum Gasteiger partial charge on any atom is 0.419 e. The summed E-state index contributed by atoms with van der Waals surface area (Å²) in [5, 5.41) is 5.30. The third-order valence-corrected chi connectivity index (χ3v) is 4.58. The lowest BCUT2D eigenvalue weighted by molar-refractivity contribution is -0.140. The van der Waals surface area contributed by atoms with E-state index in [1.54, 1.807) is 6.07 Å². The Morgan fingerprint density at radius 3 is 2.68 bits per heavy atom. The summed E-state index contributed by atoms with van der Waals surface area (Å²) in [5.41, 5.74) is -0.985. The first-order valence-corrected chi connectivity index (χ1v) is 9.60. The summed E-state index contributed by atoms with van der Waals surface area (Å²) in [6.07, 6.45) is -0.573. The molecule has 2 aromatic heterocycles. The lowest BCUT2D eigenvalue weighted by Gasteiger charge is -2.11. The number of amides is 2. The highest BCUT2D eigenvalue weighted by atomic mass is 19.4. The Kier molecular flexibility index (Phi) is 6.57. The Balaban J connectivity index is 1.87. The quantitative estimate of drug-likeness (QED) is 0.445. The average Bonchev–Trinajstić information content (AvgIpc) is 2.71. The molecule has 3 rings (SSSR count). The van der Waals surface area contributed by atoms with Crippen LogP contribution in [0.2, 0.25) is 0 Å². The van der Waals surface area contributed by atoms with Crippen molar-refractivity contribution in [3.8, 4) is 0 Å². The van der Waals surface area contributed by atoms with Gasteiger partial charge >= 0.3 is 12.2 Å². The van der Waals surface area contributed by atoms with Crippen LogP contribution in [0.25, 0.3) is 5.65 Å². The predicted octanol–water partition coefficient (Wildman–Crippen LogP) is 4.36. The topological polar surface area (TPSA) is 75.5 Å². The monoisotopic (exact) mass is 436 g/mol. The number of hydrogen-bond acceptors (Lipinski definition) is 3. The summed E-state index contributed by atoms with van der Waals surface area (Å²) >= 11 is 0. The molecule has 0 bridgehead atoms. The molecule has 0 aliphatic carbocycles. The number of carbonyl (C=O) groups is 1. The van der Waals surface area contributed by atoms with E-state index >= 15 is 0 Å². The number of carbonyl (C=O) groups excluding carboxylic acids is 1. The Morgan fingerprint density at radius 2 is 1.97 bits per heavy atom. The molecule has 31 heavy (non-hydrogen) atoms. The number of anilines is 1. The fourth-order valence-corrected chi connectivity index (χ4v) is 2.98. The van der Waals surface area contributed by atoms with Gasteiger partial charge in [0.05, 0.1) is 11.3 Å². The molecule has 0 aliphatic rings. The molecule has 164 valence electrons. The molecule has 6 nitrogen and oxygen atoms in total. The van der Waals surface area contributed by atoms with E-state index < -0.39 is 29.1 Å². The molecule has 2 N–H and O–H groups in total. The summed E-state index contributed by atoms with van der Waals surface area (Å²) in [7, 11) is 0. The van der Waals surface area contributed by atoms with Crippen molar-refractivity contribution in [3.63, 3.8) is 0 Å². The SMILES string of the molecule is CCCCNC(=O)Nc1ccc2ncc(Cc3ccc(F)c(C(F)(F)F)c3)c(=O)n2c1. The zero-order valence-corrected chi connectivity index (χ0v) is 16.6. The molecule has 0 aliphatic heterocycles. The summed E-state index contributed by atoms with van der Waals surface area (Å²) in [4.78, 5) is 28.9. The summed E-state index contributed by atoms with van der Waals surface area (Å²) < 4.78 is 53.5. The zero-order chi connectivity index (χ0) is 22.6. The summed E-state index contributed by atoms with van der Waals surface area (Å²) in [6.45, 7) is 2.51. The predicted molar refractivity (Wildman–Crippen MR) is 108 cm³/mol. The van der Waals surface area contributed by atoms with Crippen molar-refractivity contribution in [1.29, 1.82) is 0 Å². The minimum atomic E-state index is -4.84. The highest BCUT2D eigenvalue weighted by Crippen LogP contribution is 2.32. The van der Waals surface area contributed by atoms with Crippen molar-refractivity contribution < 1.29 is 22.4 Å². The van der Waals surface area contributed by atoms with Gasteiger partial charge in [0, 0.05) is 30.9 Å². The van der Waals surface area contributed by atoms with Crippen LogP contribution in [0.15, 0.2) is 47.5 Å². The second kappa shape index (κ2) is 9.15. The van der Waals surface area contributed by atoms with E-state index in [2.05, 4.69) is 15.6 Å². The van der Waals surface area contributed by atoms with Crippen molar-refractivity contribution in [2.45, 2.75) is 32.4 Å². The second-order valence-corrected chi connectivity index (χ2v) is 6.96. The van der Waals surface area contributed by atoms with Gasteiger partial charge in [-0.05, 0) is 36.2 Å². The first-order chi connectivity index (χ1) is 14.7. The van der Waals surface area contributed by atoms with E-state index in [-0.39, 0.29) is 17.5 Å². The minimum Gasteiger partial charge on any atom is -0.338 e. The third kappa shape index (κ3) is 5.39. The van der Waals surface area contributed by atoms with Crippen LogP contribution in [0.1, 0.15) is 36.5 Å². The van der Waals surface area contributed by atoms with Crippen molar-refractivity contribution in [2.24, 2.45) is 0 Å². The van der Waals surface area contributed by atoms with Gasteiger partial charge in [0.2, 0.25) is 0 Å². The van der Waals surface area contributed by atoms with Gasteiger partial charge in [0.1, 0.15) is 11.5 Å². The van der Waals surface area contributed by atoms with Crippen molar-refractivity contribution >= 4 is 17.4 Å². The van der Waals surface area contributed by atoms with Gasteiger partial charge in [-0.15, -0.1) is 0 Å². The number of urea groups is 1. The fourth-order valence-electron chi connectivity index (χ4n) is 2.98. The molecule has 0 atom stereocenters. The molecule has 0 saturated heterocycles. The van der Waals surface area contributed by atoms with Crippen LogP contribution >= 0.6 is 0 Å². The minimum absolute atomic E-state index is 0.122. The number of halogens is 4. The number of pyridine rings is 1. The van der Waals surface area contributed by atoms with E-state index in [1.165, 1.54) is 28.9 Å². The van der Waals surface area contributed by atoms with E-state index in [4.69, 9.17) is 0 Å². The summed E-state index contributed by atoms with van der Waals surface area (Å²) in [5.74, 6) is -1.38. The smallest absolute Gasteiger partial charge is 0.338 e. The molecule has 10 heteroatoms. The van der Waals surface area contributed by atoms with Crippen LogP contribution < -0.4 is 16.2 Å². The number of rotatable bonds is 6. The van der Waals surface area contributed by atoms with Crippen LogP contribution in [0.4, 0.5) is 28.0 Å². The highest BCUT2D eigenvalue weighted by molar-refractivity contribution is 5.89. The van der Waals surface area contributed by atoms with Crippen molar-refractivity contribution in [2.75, 3.05) is 11.9 Å². The van der Waals surface area contributed by atoms with Gasteiger partial charge in [-0.3, -0.25) is 9.20 Å². The molecular formula is C21H20F4N4O2. The van der Waals surface area contributed by atoms with Gasteiger partial charge in [-0.1, -0.05) is 19.4 Å². The molecule has 2 amide bonds. The number of aromatic nitrogens is 2.